The molecule has 1 saturated heterocycles. The highest BCUT2D eigenvalue weighted by atomic mass is 32.1. The number of likely N-dealkylation sites (tertiary alicyclic amines) is 1. The summed E-state index contributed by atoms with van der Waals surface area (Å²) in [5, 5.41) is 3.35. The van der Waals surface area contributed by atoms with Crippen LogP contribution in [0.15, 0.2) is 49.2 Å². The molecule has 1 aliphatic heterocycles. The van der Waals surface area contributed by atoms with Gasteiger partial charge in [0.1, 0.15) is 0 Å². The number of nitrogens with zero attached hydrogens (tertiary/aromatic N) is 2. The quantitative estimate of drug-likeness (QED) is 0.853. The second kappa shape index (κ2) is 7.53. The number of carbonyl (C=O) groups is 1. The first kappa shape index (κ1) is 15.9. The van der Waals surface area contributed by atoms with E-state index >= 15 is 0 Å². The lowest BCUT2D eigenvalue weighted by atomic mass is 9.89. The van der Waals surface area contributed by atoms with Gasteiger partial charge in [-0.15, -0.1) is 11.3 Å². The molecular formula is C18H21N3OS. The van der Waals surface area contributed by atoms with Crippen molar-refractivity contribution in [3.05, 3.63) is 59.6 Å². The number of thiazole rings is 1. The van der Waals surface area contributed by atoms with Crippen molar-refractivity contribution in [1.82, 2.24) is 9.88 Å². The van der Waals surface area contributed by atoms with E-state index in [4.69, 9.17) is 0 Å². The van der Waals surface area contributed by atoms with Crippen molar-refractivity contribution in [3.8, 4) is 0 Å². The fraction of sp³-hybridized carbons (Fsp3) is 0.333. The van der Waals surface area contributed by atoms with Gasteiger partial charge in [0.2, 0.25) is 5.91 Å². The SMILES string of the molecule is C=CC(=O)Nc1ncc(CN2CCC(c3ccccc3)CC2)s1. The number of amides is 1. The van der Waals surface area contributed by atoms with Crippen LogP contribution >= 0.6 is 11.3 Å². The average Bonchev–Trinajstić information content (AvgIpc) is 3.03. The van der Waals surface area contributed by atoms with Crippen LogP contribution in [-0.2, 0) is 11.3 Å². The van der Waals surface area contributed by atoms with E-state index in [1.165, 1.54) is 40.7 Å². The minimum atomic E-state index is -0.213. The Bertz CT molecular complexity index is 660. The van der Waals surface area contributed by atoms with Crippen LogP contribution in [0, 0.1) is 0 Å². The van der Waals surface area contributed by atoms with Gasteiger partial charge in [0.25, 0.3) is 0 Å². The number of carbonyl (C=O) groups excluding carboxylic acids is 1. The Labute approximate surface area is 140 Å². The summed E-state index contributed by atoms with van der Waals surface area (Å²) in [5.74, 6) is 0.464. The van der Waals surface area contributed by atoms with E-state index in [1.807, 2.05) is 6.20 Å². The first-order chi connectivity index (χ1) is 11.2. The lowest BCUT2D eigenvalue weighted by Gasteiger charge is -2.31. The van der Waals surface area contributed by atoms with Crippen LogP contribution < -0.4 is 5.32 Å². The zero-order valence-corrected chi connectivity index (χ0v) is 13.9. The van der Waals surface area contributed by atoms with Crippen LogP contribution in [0.5, 0.6) is 0 Å². The summed E-state index contributed by atoms with van der Waals surface area (Å²) >= 11 is 1.53. The molecule has 1 aromatic carbocycles. The van der Waals surface area contributed by atoms with Crippen molar-refractivity contribution in [2.45, 2.75) is 25.3 Å². The highest BCUT2D eigenvalue weighted by molar-refractivity contribution is 7.15. The molecule has 3 rings (SSSR count). The molecule has 5 heteroatoms. The van der Waals surface area contributed by atoms with Gasteiger partial charge in [-0.25, -0.2) is 4.98 Å². The molecule has 23 heavy (non-hydrogen) atoms. The van der Waals surface area contributed by atoms with Gasteiger partial charge in [-0.2, -0.15) is 0 Å². The molecule has 0 aliphatic carbocycles. The highest BCUT2D eigenvalue weighted by Gasteiger charge is 2.21. The molecule has 1 fully saturated rings. The average molecular weight is 327 g/mol. The Kier molecular flexibility index (Phi) is 5.20. The Morgan fingerprint density at radius 1 is 1.35 bits per heavy atom. The van der Waals surface area contributed by atoms with Crippen LogP contribution in [-0.4, -0.2) is 28.9 Å². The number of hydrogen-bond acceptors (Lipinski definition) is 4. The zero-order valence-electron chi connectivity index (χ0n) is 13.1. The third-order valence-electron chi connectivity index (χ3n) is 4.21. The molecule has 1 aliphatic rings. The predicted octanol–water partition coefficient (Wildman–Crippen LogP) is 3.65. The Morgan fingerprint density at radius 2 is 2.09 bits per heavy atom. The summed E-state index contributed by atoms with van der Waals surface area (Å²) in [6.45, 7) is 6.56. The Balaban J connectivity index is 1.51. The molecule has 0 spiro atoms. The van der Waals surface area contributed by atoms with Gasteiger partial charge in [0, 0.05) is 17.6 Å². The van der Waals surface area contributed by atoms with E-state index in [2.05, 4.69) is 52.1 Å². The van der Waals surface area contributed by atoms with Gasteiger partial charge in [0.05, 0.1) is 0 Å². The number of benzene rings is 1. The number of hydrogen-bond donors (Lipinski definition) is 1. The second-order valence-corrected chi connectivity index (χ2v) is 6.90. The minimum absolute atomic E-state index is 0.213. The summed E-state index contributed by atoms with van der Waals surface area (Å²) < 4.78 is 0. The minimum Gasteiger partial charge on any atom is -0.298 e. The first-order valence-corrected chi connectivity index (χ1v) is 8.71. The molecule has 1 amide bonds. The number of aromatic nitrogens is 1. The standard InChI is InChI=1S/C18H21N3OS/c1-2-17(22)20-18-19-12-16(23-18)13-21-10-8-15(9-11-21)14-6-4-3-5-7-14/h2-7,12,15H,1,8-11,13H2,(H,19,20,22). The maximum atomic E-state index is 11.3. The van der Waals surface area contributed by atoms with Crippen molar-refractivity contribution in [2.75, 3.05) is 18.4 Å². The van der Waals surface area contributed by atoms with Gasteiger partial charge in [0.15, 0.2) is 5.13 Å². The van der Waals surface area contributed by atoms with Crippen LogP contribution in [0.1, 0.15) is 29.2 Å². The Hall–Kier alpha value is -1.98. The largest absolute Gasteiger partial charge is 0.298 e. The molecule has 120 valence electrons. The van der Waals surface area contributed by atoms with Crippen molar-refractivity contribution in [3.63, 3.8) is 0 Å². The summed E-state index contributed by atoms with van der Waals surface area (Å²) in [6, 6.07) is 10.8. The molecule has 0 atom stereocenters. The first-order valence-electron chi connectivity index (χ1n) is 7.90. The monoisotopic (exact) mass is 327 g/mol. The molecule has 0 unspecified atom stereocenters. The second-order valence-electron chi connectivity index (χ2n) is 5.79. The lowest BCUT2D eigenvalue weighted by Crippen LogP contribution is -2.32. The van der Waals surface area contributed by atoms with Gasteiger partial charge < -0.3 is 0 Å². The Morgan fingerprint density at radius 3 is 2.78 bits per heavy atom. The van der Waals surface area contributed by atoms with Gasteiger partial charge >= 0.3 is 0 Å². The molecule has 4 nitrogen and oxygen atoms in total. The zero-order chi connectivity index (χ0) is 16.1. The molecule has 0 radical (unpaired) electrons. The molecule has 1 N–H and O–H groups in total. The number of anilines is 1. The summed E-state index contributed by atoms with van der Waals surface area (Å²) in [4.78, 5) is 19.2. The van der Waals surface area contributed by atoms with E-state index in [-0.39, 0.29) is 5.91 Å². The number of rotatable bonds is 5. The molecule has 1 aromatic heterocycles. The predicted molar refractivity (Wildman–Crippen MR) is 94.6 cm³/mol. The van der Waals surface area contributed by atoms with Crippen molar-refractivity contribution in [1.29, 1.82) is 0 Å². The maximum absolute atomic E-state index is 11.3. The lowest BCUT2D eigenvalue weighted by molar-refractivity contribution is -0.111. The van der Waals surface area contributed by atoms with Gasteiger partial charge in [-0.1, -0.05) is 36.9 Å². The summed E-state index contributed by atoms with van der Waals surface area (Å²) in [6.07, 6.45) is 5.51. The summed E-state index contributed by atoms with van der Waals surface area (Å²) in [7, 11) is 0. The van der Waals surface area contributed by atoms with Crippen LogP contribution in [0.3, 0.4) is 0 Å². The van der Waals surface area contributed by atoms with Crippen molar-refractivity contribution in [2.24, 2.45) is 0 Å². The molecule has 2 aromatic rings. The maximum Gasteiger partial charge on any atom is 0.249 e. The molecule has 2 heterocycles. The highest BCUT2D eigenvalue weighted by Crippen LogP contribution is 2.29. The smallest absolute Gasteiger partial charge is 0.249 e. The van der Waals surface area contributed by atoms with E-state index in [0.29, 0.717) is 11.0 Å². The van der Waals surface area contributed by atoms with E-state index in [1.54, 1.807) is 0 Å². The molecular weight excluding hydrogens is 306 g/mol. The van der Waals surface area contributed by atoms with E-state index < -0.39 is 0 Å². The van der Waals surface area contributed by atoms with Gasteiger partial charge in [-0.05, 0) is 43.5 Å². The van der Waals surface area contributed by atoms with Crippen LogP contribution in [0.4, 0.5) is 5.13 Å². The number of nitrogens with one attached hydrogen (secondary N) is 1. The molecule has 0 saturated carbocycles. The van der Waals surface area contributed by atoms with Crippen LogP contribution in [0.2, 0.25) is 0 Å². The molecule has 0 bridgehead atoms. The fourth-order valence-electron chi connectivity index (χ4n) is 2.96. The number of piperidine rings is 1. The van der Waals surface area contributed by atoms with Gasteiger partial charge in [-0.3, -0.25) is 15.0 Å². The third-order valence-corrected chi connectivity index (χ3v) is 5.10. The van der Waals surface area contributed by atoms with Crippen molar-refractivity contribution >= 4 is 22.4 Å². The topological polar surface area (TPSA) is 45.2 Å². The normalized spacial score (nSPS) is 16.2. The van der Waals surface area contributed by atoms with E-state index in [9.17, 15) is 4.79 Å². The third kappa shape index (κ3) is 4.27. The fourth-order valence-corrected chi connectivity index (χ4v) is 3.82. The van der Waals surface area contributed by atoms with E-state index in [0.717, 1.165) is 19.6 Å². The van der Waals surface area contributed by atoms with Crippen molar-refractivity contribution < 1.29 is 4.79 Å². The van der Waals surface area contributed by atoms with Crippen LogP contribution in [0.25, 0.3) is 0 Å². The summed E-state index contributed by atoms with van der Waals surface area (Å²) in [5.41, 5.74) is 1.46.